The number of carbonyl (C=O) groups excluding carboxylic acids is 1. The molecule has 6 heteroatoms. The van der Waals surface area contributed by atoms with Crippen molar-refractivity contribution in [3.63, 3.8) is 0 Å². The molecule has 0 radical (unpaired) electrons. The Balaban J connectivity index is 0. The number of oxime groups is 1. The molecule has 1 amide bonds. The van der Waals surface area contributed by atoms with Crippen LogP contribution in [0.1, 0.15) is 44.9 Å². The Labute approximate surface area is 122 Å². The number of unbranched alkanes of at least 4 members (excludes halogenated alkanes) is 6. The first-order valence-electron chi connectivity index (χ1n) is 6.77. The van der Waals surface area contributed by atoms with Gasteiger partial charge in [0.2, 0.25) is 0 Å². The van der Waals surface area contributed by atoms with Crippen LogP contribution in [-0.4, -0.2) is 49.4 Å². The Morgan fingerprint density at radius 2 is 1.63 bits per heavy atom. The highest BCUT2D eigenvalue weighted by atomic mass is 35.5. The summed E-state index contributed by atoms with van der Waals surface area (Å²) in [6, 6.07) is 0. The molecular formula is C13H28ClN3O2. The normalized spacial score (nSPS) is 10.7. The van der Waals surface area contributed by atoms with Gasteiger partial charge in [-0.05, 0) is 33.5 Å². The van der Waals surface area contributed by atoms with Crippen LogP contribution in [0.3, 0.4) is 0 Å². The van der Waals surface area contributed by atoms with E-state index in [0.717, 1.165) is 19.1 Å². The van der Waals surface area contributed by atoms with Crippen molar-refractivity contribution in [2.24, 2.45) is 5.16 Å². The third-order valence-corrected chi connectivity index (χ3v) is 2.76. The fraction of sp³-hybridized carbons (Fsp3) is 0.846. The van der Waals surface area contributed by atoms with Crippen LogP contribution in [-0.2, 0) is 4.79 Å². The molecule has 0 bridgehead atoms. The van der Waals surface area contributed by atoms with Gasteiger partial charge in [0.15, 0.2) is 0 Å². The maximum absolute atomic E-state index is 10.9. The first-order valence-corrected chi connectivity index (χ1v) is 6.77. The highest BCUT2D eigenvalue weighted by Crippen LogP contribution is 2.06. The van der Waals surface area contributed by atoms with Crippen molar-refractivity contribution in [2.75, 3.05) is 27.2 Å². The minimum atomic E-state index is -0.332. The molecule has 2 N–H and O–H groups in total. The number of nitrogens with zero attached hydrogens (tertiary/aromatic N) is 2. The summed E-state index contributed by atoms with van der Waals surface area (Å²) in [6.45, 7) is 1.84. The monoisotopic (exact) mass is 293 g/mol. The summed E-state index contributed by atoms with van der Waals surface area (Å²) in [5.41, 5.74) is 0. The molecular weight excluding hydrogens is 266 g/mol. The second kappa shape index (κ2) is 15.2. The molecule has 0 heterocycles. The number of amides is 1. The average molecular weight is 294 g/mol. The number of halogens is 1. The predicted molar refractivity (Wildman–Crippen MR) is 81.4 cm³/mol. The second-order valence-electron chi connectivity index (χ2n) is 4.81. The van der Waals surface area contributed by atoms with Crippen molar-refractivity contribution >= 4 is 24.5 Å². The number of rotatable bonds is 11. The van der Waals surface area contributed by atoms with E-state index in [1.807, 2.05) is 0 Å². The van der Waals surface area contributed by atoms with Crippen molar-refractivity contribution < 1.29 is 10.0 Å². The van der Waals surface area contributed by atoms with Crippen LogP contribution in [0.4, 0.5) is 0 Å². The van der Waals surface area contributed by atoms with E-state index in [2.05, 4.69) is 29.5 Å². The van der Waals surface area contributed by atoms with Crippen molar-refractivity contribution in [3.05, 3.63) is 0 Å². The predicted octanol–water partition coefficient (Wildman–Crippen LogP) is 2.28. The molecule has 0 saturated carbocycles. The van der Waals surface area contributed by atoms with Crippen LogP contribution in [0, 0.1) is 0 Å². The fourth-order valence-corrected chi connectivity index (χ4v) is 1.75. The van der Waals surface area contributed by atoms with Crippen molar-refractivity contribution in [1.29, 1.82) is 0 Å². The lowest BCUT2D eigenvalue weighted by Gasteiger charge is -2.08. The minimum Gasteiger partial charge on any atom is -0.411 e. The number of nitrogens with one attached hydrogen (secondary N) is 1. The van der Waals surface area contributed by atoms with E-state index in [-0.39, 0.29) is 18.3 Å². The van der Waals surface area contributed by atoms with Gasteiger partial charge in [-0.15, -0.1) is 12.4 Å². The first kappa shape index (κ1) is 20.5. The molecule has 0 atom stereocenters. The minimum absolute atomic E-state index is 0. The average Bonchev–Trinajstić information content (AvgIpc) is 2.31. The topological polar surface area (TPSA) is 64.9 Å². The van der Waals surface area contributed by atoms with E-state index >= 15 is 0 Å². The quantitative estimate of drug-likeness (QED) is 0.266. The fourth-order valence-electron chi connectivity index (χ4n) is 1.75. The summed E-state index contributed by atoms with van der Waals surface area (Å²) in [5.74, 6) is -0.332. The zero-order valence-electron chi connectivity index (χ0n) is 12.1. The maximum atomic E-state index is 10.9. The molecule has 5 nitrogen and oxygen atoms in total. The number of carbonyl (C=O) groups is 1. The molecule has 0 aromatic heterocycles. The smallest absolute Gasteiger partial charge is 0.265 e. The maximum Gasteiger partial charge on any atom is 0.265 e. The van der Waals surface area contributed by atoms with E-state index in [9.17, 15) is 4.79 Å². The van der Waals surface area contributed by atoms with Gasteiger partial charge < -0.3 is 15.4 Å². The molecule has 0 saturated heterocycles. The van der Waals surface area contributed by atoms with Crippen molar-refractivity contribution in [2.45, 2.75) is 44.9 Å². The second-order valence-corrected chi connectivity index (χ2v) is 4.81. The van der Waals surface area contributed by atoms with Gasteiger partial charge in [-0.1, -0.05) is 37.3 Å². The Bertz CT molecular complexity index is 236. The lowest BCUT2D eigenvalue weighted by atomic mass is 10.1. The van der Waals surface area contributed by atoms with Crippen molar-refractivity contribution in [1.82, 2.24) is 10.2 Å². The van der Waals surface area contributed by atoms with Crippen LogP contribution < -0.4 is 5.32 Å². The van der Waals surface area contributed by atoms with E-state index < -0.39 is 0 Å². The highest BCUT2D eigenvalue weighted by Gasteiger charge is 1.96. The van der Waals surface area contributed by atoms with E-state index in [0.29, 0.717) is 6.54 Å². The van der Waals surface area contributed by atoms with E-state index in [4.69, 9.17) is 5.21 Å². The molecule has 0 aliphatic carbocycles. The van der Waals surface area contributed by atoms with Crippen LogP contribution in [0.15, 0.2) is 5.16 Å². The van der Waals surface area contributed by atoms with Crippen LogP contribution in [0.5, 0.6) is 0 Å². The molecule has 114 valence electrons. The van der Waals surface area contributed by atoms with Crippen LogP contribution in [0.2, 0.25) is 0 Å². The van der Waals surface area contributed by atoms with E-state index in [1.54, 1.807) is 0 Å². The van der Waals surface area contributed by atoms with Gasteiger partial charge in [-0.25, -0.2) is 0 Å². The summed E-state index contributed by atoms with van der Waals surface area (Å²) in [6.07, 6.45) is 9.41. The zero-order valence-corrected chi connectivity index (χ0v) is 12.9. The van der Waals surface area contributed by atoms with Crippen molar-refractivity contribution in [3.8, 4) is 0 Å². The zero-order chi connectivity index (χ0) is 13.6. The van der Waals surface area contributed by atoms with Gasteiger partial charge in [0, 0.05) is 6.54 Å². The Morgan fingerprint density at radius 3 is 2.16 bits per heavy atom. The standard InChI is InChI=1S/C13H27N3O2.ClH/c1-16(2)11-9-7-5-3-4-6-8-10-14-13(17)12-15-18;/h12,18H,3-11H2,1-2H3,(H,14,17);1H. The van der Waals surface area contributed by atoms with E-state index in [1.165, 1.54) is 38.6 Å². The summed E-state index contributed by atoms with van der Waals surface area (Å²) in [7, 11) is 4.21. The number of hydrogen-bond donors (Lipinski definition) is 2. The van der Waals surface area contributed by atoms with Gasteiger partial charge in [0.05, 0.1) is 0 Å². The lowest BCUT2D eigenvalue weighted by Crippen LogP contribution is -2.25. The molecule has 0 aromatic carbocycles. The molecule has 19 heavy (non-hydrogen) atoms. The molecule has 0 spiro atoms. The Hall–Kier alpha value is -0.810. The molecule has 0 rings (SSSR count). The summed E-state index contributed by atoms with van der Waals surface area (Å²) >= 11 is 0. The molecule has 0 unspecified atom stereocenters. The third-order valence-electron chi connectivity index (χ3n) is 2.76. The van der Waals surface area contributed by atoms with Gasteiger partial charge in [-0.2, -0.15) is 0 Å². The number of hydrogen-bond acceptors (Lipinski definition) is 4. The first-order chi connectivity index (χ1) is 8.66. The molecule has 0 aliphatic rings. The third kappa shape index (κ3) is 17.2. The lowest BCUT2D eigenvalue weighted by molar-refractivity contribution is -0.114. The molecule has 0 aromatic rings. The Morgan fingerprint density at radius 1 is 1.11 bits per heavy atom. The summed E-state index contributed by atoms with van der Waals surface area (Å²) < 4.78 is 0. The van der Waals surface area contributed by atoms with Gasteiger partial charge >= 0.3 is 0 Å². The van der Waals surface area contributed by atoms with Crippen LogP contribution >= 0.6 is 12.4 Å². The highest BCUT2D eigenvalue weighted by molar-refractivity contribution is 6.25. The van der Waals surface area contributed by atoms with Gasteiger partial charge in [0.25, 0.3) is 5.91 Å². The van der Waals surface area contributed by atoms with Gasteiger partial charge in [-0.3, -0.25) is 4.79 Å². The summed E-state index contributed by atoms with van der Waals surface area (Å²) in [4.78, 5) is 13.1. The Kier molecular flexibility index (Phi) is 16.5. The largest absolute Gasteiger partial charge is 0.411 e. The summed E-state index contributed by atoms with van der Waals surface area (Å²) in [5, 5.41) is 13.4. The van der Waals surface area contributed by atoms with Gasteiger partial charge in [0.1, 0.15) is 6.21 Å². The molecule has 0 fully saturated rings. The van der Waals surface area contributed by atoms with Crippen LogP contribution in [0.25, 0.3) is 0 Å². The SMILES string of the molecule is CN(C)CCCCCCCCCNC(=O)C=NO.Cl. The molecule has 0 aliphatic heterocycles.